The van der Waals surface area contributed by atoms with Crippen molar-refractivity contribution in [3.05, 3.63) is 69.7 Å². The minimum atomic E-state index is -3.50. The number of halogens is 2. The van der Waals surface area contributed by atoms with Crippen LogP contribution in [0.4, 0.5) is 0 Å². The number of rotatable bonds is 8. The third kappa shape index (κ3) is 6.70. The Labute approximate surface area is 201 Å². The molecule has 1 saturated heterocycles. The topological polar surface area (TPSA) is 66.5 Å². The van der Waals surface area contributed by atoms with E-state index in [-0.39, 0.29) is 23.6 Å². The molecule has 3 rings (SSSR count). The predicted molar refractivity (Wildman–Crippen MR) is 130 cm³/mol. The Bertz CT molecular complexity index is 1020. The first-order valence-corrected chi connectivity index (χ1v) is 13.3. The summed E-state index contributed by atoms with van der Waals surface area (Å²) in [5.74, 6) is 0.116. The van der Waals surface area contributed by atoms with Crippen molar-refractivity contribution in [2.24, 2.45) is 11.8 Å². The highest BCUT2D eigenvalue weighted by molar-refractivity contribution is 7.88. The van der Waals surface area contributed by atoms with E-state index in [0.29, 0.717) is 47.5 Å². The fraction of sp³-hybridized carbons (Fsp3) is 0.458. The number of sulfonamides is 1. The summed E-state index contributed by atoms with van der Waals surface area (Å²) in [5.41, 5.74) is 1.69. The van der Waals surface area contributed by atoms with Crippen LogP contribution in [0.3, 0.4) is 0 Å². The van der Waals surface area contributed by atoms with Gasteiger partial charge in [-0.2, -0.15) is 0 Å². The molecule has 32 heavy (non-hydrogen) atoms. The van der Waals surface area contributed by atoms with Gasteiger partial charge >= 0.3 is 0 Å². The molecule has 2 aromatic rings. The number of carbonyl (C=O) groups excluding carboxylic acids is 1. The van der Waals surface area contributed by atoms with Gasteiger partial charge in [0.05, 0.1) is 21.8 Å². The normalized spacial score (nSPS) is 16.8. The largest absolute Gasteiger partial charge is 0.349 e. The zero-order valence-corrected chi connectivity index (χ0v) is 20.8. The maximum Gasteiger partial charge on any atom is 0.223 e. The quantitative estimate of drug-likeness (QED) is 0.528. The first-order chi connectivity index (χ1) is 15.2. The molecule has 1 N–H and O–H groups in total. The van der Waals surface area contributed by atoms with Crippen LogP contribution in [-0.4, -0.2) is 31.7 Å². The van der Waals surface area contributed by atoms with Gasteiger partial charge in [0.15, 0.2) is 0 Å². The minimum Gasteiger partial charge on any atom is -0.349 e. The van der Waals surface area contributed by atoms with Gasteiger partial charge in [-0.05, 0) is 48.4 Å². The van der Waals surface area contributed by atoms with Crippen LogP contribution in [0.5, 0.6) is 0 Å². The number of carbonyl (C=O) groups is 1. The Morgan fingerprint density at radius 1 is 1.06 bits per heavy atom. The van der Waals surface area contributed by atoms with E-state index in [9.17, 15) is 13.2 Å². The number of benzene rings is 2. The Morgan fingerprint density at radius 2 is 1.72 bits per heavy atom. The fourth-order valence-corrected chi connectivity index (χ4v) is 5.92. The monoisotopic (exact) mass is 496 g/mol. The second-order valence-corrected chi connectivity index (χ2v) is 11.6. The van der Waals surface area contributed by atoms with Gasteiger partial charge in [-0.25, -0.2) is 12.7 Å². The Balaban J connectivity index is 1.59. The molecule has 0 aromatic heterocycles. The van der Waals surface area contributed by atoms with Gasteiger partial charge in [-0.15, -0.1) is 0 Å². The molecule has 0 unspecified atom stereocenters. The number of nitrogens with zero attached hydrogens (tertiary/aromatic N) is 1. The fourth-order valence-electron chi connectivity index (χ4n) is 4.05. The van der Waals surface area contributed by atoms with Crippen LogP contribution in [0.1, 0.15) is 50.3 Å². The highest BCUT2D eigenvalue weighted by Crippen LogP contribution is 2.27. The number of hydrogen-bond donors (Lipinski definition) is 1. The van der Waals surface area contributed by atoms with Crippen LogP contribution in [-0.2, 0) is 20.6 Å². The maximum atomic E-state index is 13.0. The van der Waals surface area contributed by atoms with Crippen molar-refractivity contribution in [1.29, 1.82) is 0 Å². The van der Waals surface area contributed by atoms with Crippen molar-refractivity contribution >= 4 is 39.1 Å². The lowest BCUT2D eigenvalue weighted by molar-refractivity contribution is -0.127. The number of nitrogens with one attached hydrogen (secondary N) is 1. The van der Waals surface area contributed by atoms with E-state index >= 15 is 0 Å². The third-order valence-electron chi connectivity index (χ3n) is 5.78. The first-order valence-electron chi connectivity index (χ1n) is 10.9. The number of hydrogen-bond acceptors (Lipinski definition) is 3. The summed E-state index contributed by atoms with van der Waals surface area (Å²) in [7, 11) is -3.50. The van der Waals surface area contributed by atoms with Gasteiger partial charge in [-0.1, -0.05) is 73.4 Å². The van der Waals surface area contributed by atoms with E-state index in [1.807, 2.05) is 30.3 Å². The van der Waals surface area contributed by atoms with Crippen molar-refractivity contribution in [1.82, 2.24) is 9.62 Å². The maximum absolute atomic E-state index is 13.0. The highest BCUT2D eigenvalue weighted by atomic mass is 35.5. The molecule has 1 atom stereocenters. The molecule has 0 spiro atoms. The lowest BCUT2D eigenvalue weighted by atomic mass is 9.93. The molecule has 0 radical (unpaired) electrons. The molecule has 5 nitrogen and oxygen atoms in total. The Morgan fingerprint density at radius 3 is 2.31 bits per heavy atom. The van der Waals surface area contributed by atoms with Gasteiger partial charge in [0, 0.05) is 19.0 Å². The number of amides is 1. The van der Waals surface area contributed by atoms with Gasteiger partial charge in [0.25, 0.3) is 0 Å². The lowest BCUT2D eigenvalue weighted by Crippen LogP contribution is -2.44. The van der Waals surface area contributed by atoms with E-state index in [2.05, 4.69) is 19.2 Å². The SMILES string of the molecule is CC(C)C[C@@H](NC(=O)C1CCN(S(=O)(=O)Cc2ccc(Cl)c(Cl)c2)CC1)c1ccccc1. The highest BCUT2D eigenvalue weighted by Gasteiger charge is 2.32. The summed E-state index contributed by atoms with van der Waals surface area (Å²) in [6, 6.07) is 14.8. The smallest absolute Gasteiger partial charge is 0.223 e. The lowest BCUT2D eigenvalue weighted by Gasteiger charge is -2.32. The standard InChI is InChI=1S/C24H30Cl2N2O3S/c1-17(2)14-23(19-6-4-3-5-7-19)27-24(29)20-10-12-28(13-11-20)32(30,31)16-18-8-9-21(25)22(26)15-18/h3-9,15,17,20,23H,10-14,16H2,1-2H3,(H,27,29)/t23-/m1/s1. The average molecular weight is 497 g/mol. The molecule has 8 heteroatoms. The molecular weight excluding hydrogens is 467 g/mol. The van der Waals surface area contributed by atoms with Crippen molar-refractivity contribution in [3.8, 4) is 0 Å². The van der Waals surface area contributed by atoms with E-state index < -0.39 is 10.0 Å². The molecule has 1 fully saturated rings. The van der Waals surface area contributed by atoms with Crippen LogP contribution in [0.2, 0.25) is 10.0 Å². The predicted octanol–water partition coefficient (Wildman–Crippen LogP) is 5.44. The van der Waals surface area contributed by atoms with Crippen LogP contribution < -0.4 is 5.32 Å². The van der Waals surface area contributed by atoms with Crippen molar-refractivity contribution in [2.75, 3.05) is 13.1 Å². The summed E-state index contributed by atoms with van der Waals surface area (Å²) in [4.78, 5) is 13.0. The summed E-state index contributed by atoms with van der Waals surface area (Å²) >= 11 is 11.9. The first kappa shape index (κ1) is 25.0. The Hall–Kier alpha value is -1.60. The molecule has 1 aliphatic rings. The van der Waals surface area contributed by atoms with Gasteiger partial charge in [0.1, 0.15) is 0 Å². The van der Waals surface area contributed by atoms with Crippen LogP contribution in [0.15, 0.2) is 48.5 Å². The molecule has 0 saturated carbocycles. The summed E-state index contributed by atoms with van der Waals surface area (Å²) in [5, 5.41) is 3.94. The van der Waals surface area contributed by atoms with Crippen molar-refractivity contribution in [3.63, 3.8) is 0 Å². The molecule has 0 aliphatic carbocycles. The van der Waals surface area contributed by atoms with E-state index in [4.69, 9.17) is 23.2 Å². The zero-order valence-electron chi connectivity index (χ0n) is 18.4. The third-order valence-corrected chi connectivity index (χ3v) is 8.37. The zero-order chi connectivity index (χ0) is 23.3. The summed E-state index contributed by atoms with van der Waals surface area (Å²) in [6.45, 7) is 4.95. The van der Waals surface area contributed by atoms with Gasteiger partial charge < -0.3 is 5.32 Å². The van der Waals surface area contributed by atoms with Crippen LogP contribution in [0, 0.1) is 11.8 Å². The van der Waals surface area contributed by atoms with E-state index in [0.717, 1.165) is 12.0 Å². The molecule has 0 bridgehead atoms. The van der Waals surface area contributed by atoms with Crippen molar-refractivity contribution in [2.45, 2.75) is 44.9 Å². The molecule has 1 heterocycles. The van der Waals surface area contributed by atoms with Crippen LogP contribution in [0.25, 0.3) is 0 Å². The molecule has 2 aromatic carbocycles. The van der Waals surface area contributed by atoms with Crippen LogP contribution >= 0.6 is 23.2 Å². The van der Waals surface area contributed by atoms with Crippen molar-refractivity contribution < 1.29 is 13.2 Å². The second kappa shape index (κ2) is 11.0. The van der Waals surface area contributed by atoms with Gasteiger partial charge in [0.2, 0.25) is 15.9 Å². The average Bonchev–Trinajstić information content (AvgIpc) is 2.76. The molecular formula is C24H30Cl2N2O3S. The van der Waals surface area contributed by atoms with Gasteiger partial charge in [-0.3, -0.25) is 4.79 Å². The molecule has 174 valence electrons. The second-order valence-electron chi connectivity index (χ2n) is 8.78. The minimum absolute atomic E-state index is 0.000957. The Kier molecular flexibility index (Phi) is 8.62. The number of piperidine rings is 1. The molecule has 1 amide bonds. The van der Waals surface area contributed by atoms with E-state index in [1.54, 1.807) is 18.2 Å². The van der Waals surface area contributed by atoms with E-state index in [1.165, 1.54) is 4.31 Å². The molecule has 1 aliphatic heterocycles. The summed E-state index contributed by atoms with van der Waals surface area (Å²) < 4.78 is 27.2. The summed E-state index contributed by atoms with van der Waals surface area (Å²) in [6.07, 6.45) is 1.87.